The van der Waals surface area contributed by atoms with Gasteiger partial charge in [-0.25, -0.2) is 4.99 Å². The molecule has 1 unspecified atom stereocenters. The Labute approximate surface area is 141 Å². The summed E-state index contributed by atoms with van der Waals surface area (Å²) in [6, 6.07) is 8.08. The molecule has 0 saturated carbocycles. The number of carbonyl (C=O) groups is 1. The molecule has 0 bridgehead atoms. The van der Waals surface area contributed by atoms with E-state index in [4.69, 9.17) is 0 Å². The number of amidine groups is 1. The average molecular weight is 320 g/mol. The number of aryl methyl sites for hydroxylation is 1. The molecule has 0 aliphatic carbocycles. The lowest BCUT2D eigenvalue weighted by Crippen LogP contribution is -2.40. The fourth-order valence-electron chi connectivity index (χ4n) is 3.51. The third-order valence-corrected chi connectivity index (χ3v) is 4.80. The first-order valence-corrected chi connectivity index (χ1v) is 8.50. The van der Waals surface area contributed by atoms with Crippen LogP contribution in [0, 0.1) is 12.8 Å². The van der Waals surface area contributed by atoms with Gasteiger partial charge < -0.3 is 4.90 Å². The first-order valence-electron chi connectivity index (χ1n) is 8.50. The number of fused-ring (bicyclic) bond motifs is 1. The fraction of sp³-hybridized carbons (Fsp3) is 0.368. The van der Waals surface area contributed by atoms with Crippen molar-refractivity contribution in [2.24, 2.45) is 20.9 Å². The number of dihydropyridines is 1. The molecule has 3 aliphatic rings. The van der Waals surface area contributed by atoms with Gasteiger partial charge in [0.05, 0.1) is 0 Å². The van der Waals surface area contributed by atoms with Crippen molar-refractivity contribution in [3.8, 4) is 0 Å². The topological polar surface area (TPSA) is 57.4 Å². The summed E-state index contributed by atoms with van der Waals surface area (Å²) in [5.41, 5.74) is 3.14. The van der Waals surface area contributed by atoms with Crippen molar-refractivity contribution in [3.63, 3.8) is 0 Å². The lowest BCUT2D eigenvalue weighted by molar-refractivity contribution is -0.118. The molecule has 0 radical (unpaired) electrons. The van der Waals surface area contributed by atoms with Gasteiger partial charge in [-0.3, -0.25) is 4.79 Å². The number of carbonyl (C=O) groups excluding carboxylic acids is 1. The molecule has 1 saturated heterocycles. The lowest BCUT2D eigenvalue weighted by Gasteiger charge is -2.31. The summed E-state index contributed by atoms with van der Waals surface area (Å²) < 4.78 is 0. The number of guanidine groups is 1. The van der Waals surface area contributed by atoms with Gasteiger partial charge >= 0.3 is 0 Å². The first-order chi connectivity index (χ1) is 11.7. The van der Waals surface area contributed by atoms with Crippen molar-refractivity contribution in [2.45, 2.75) is 26.2 Å². The zero-order valence-electron chi connectivity index (χ0n) is 13.8. The van der Waals surface area contributed by atoms with Gasteiger partial charge in [0.15, 0.2) is 0 Å². The highest BCUT2D eigenvalue weighted by atomic mass is 16.1. The van der Waals surface area contributed by atoms with Gasteiger partial charge in [0.1, 0.15) is 11.8 Å². The van der Waals surface area contributed by atoms with Crippen LogP contribution in [0.4, 0.5) is 0 Å². The van der Waals surface area contributed by atoms with Crippen molar-refractivity contribution < 1.29 is 4.79 Å². The number of nitrogens with zero attached hydrogens (tertiary/aromatic N) is 4. The van der Waals surface area contributed by atoms with Gasteiger partial charge in [-0.15, -0.1) is 0 Å². The van der Waals surface area contributed by atoms with Crippen LogP contribution in [0.3, 0.4) is 0 Å². The predicted octanol–water partition coefficient (Wildman–Crippen LogP) is 2.86. The summed E-state index contributed by atoms with van der Waals surface area (Å²) in [4.78, 5) is 28.2. The summed E-state index contributed by atoms with van der Waals surface area (Å²) in [7, 11) is 0. The molecular formula is C19H20N4O. The predicted molar refractivity (Wildman–Crippen MR) is 96.4 cm³/mol. The Bertz CT molecular complexity index is 797. The number of hydrogen-bond acceptors (Lipinski definition) is 4. The highest BCUT2D eigenvalue weighted by molar-refractivity contribution is 6.25. The molecule has 1 aromatic rings. The van der Waals surface area contributed by atoms with E-state index in [2.05, 4.69) is 32.9 Å². The molecule has 0 spiro atoms. The second-order valence-corrected chi connectivity index (χ2v) is 6.42. The Balaban J connectivity index is 1.69. The largest absolute Gasteiger partial charge is 0.341 e. The highest BCUT2D eigenvalue weighted by Gasteiger charge is 2.35. The third-order valence-electron chi connectivity index (χ3n) is 4.80. The zero-order valence-corrected chi connectivity index (χ0v) is 13.8. The van der Waals surface area contributed by atoms with Gasteiger partial charge in [-0.05, 0) is 49.0 Å². The Hall–Kier alpha value is -2.56. The summed E-state index contributed by atoms with van der Waals surface area (Å²) in [6.45, 7) is 3.88. The number of aliphatic imine (C=N–C) groups is 3. The molecule has 3 aliphatic heterocycles. The van der Waals surface area contributed by atoms with Crippen molar-refractivity contribution in [1.82, 2.24) is 4.90 Å². The fourth-order valence-corrected chi connectivity index (χ4v) is 3.51. The maximum Gasteiger partial charge on any atom is 0.264 e. The molecule has 0 N–H and O–H groups in total. The Morgan fingerprint density at radius 2 is 1.88 bits per heavy atom. The molecule has 24 heavy (non-hydrogen) atoms. The van der Waals surface area contributed by atoms with E-state index in [0.29, 0.717) is 11.8 Å². The summed E-state index contributed by atoms with van der Waals surface area (Å²) in [5, 5.41) is 0. The van der Waals surface area contributed by atoms with E-state index >= 15 is 0 Å². The van der Waals surface area contributed by atoms with E-state index in [-0.39, 0.29) is 5.91 Å². The van der Waals surface area contributed by atoms with Crippen molar-refractivity contribution >= 4 is 29.5 Å². The van der Waals surface area contributed by atoms with Crippen LogP contribution in [0.25, 0.3) is 5.57 Å². The van der Waals surface area contributed by atoms with Gasteiger partial charge in [-0.2, -0.15) is 9.98 Å². The number of benzene rings is 1. The number of piperidine rings is 1. The molecule has 1 amide bonds. The molecule has 0 aromatic heterocycles. The smallest absolute Gasteiger partial charge is 0.264 e. The normalized spacial score (nSPS) is 23.4. The van der Waals surface area contributed by atoms with E-state index < -0.39 is 5.92 Å². The molecule has 5 nitrogen and oxygen atoms in total. The van der Waals surface area contributed by atoms with Gasteiger partial charge in [0.2, 0.25) is 5.96 Å². The Morgan fingerprint density at radius 3 is 2.67 bits per heavy atom. The van der Waals surface area contributed by atoms with Crippen LogP contribution in [-0.2, 0) is 4.79 Å². The van der Waals surface area contributed by atoms with E-state index in [0.717, 1.165) is 42.6 Å². The molecule has 1 aromatic carbocycles. The molecule has 4 rings (SSSR count). The minimum atomic E-state index is -0.482. The molecular weight excluding hydrogens is 300 g/mol. The monoisotopic (exact) mass is 320 g/mol. The first kappa shape index (κ1) is 15.0. The van der Waals surface area contributed by atoms with Crippen molar-refractivity contribution in [2.75, 3.05) is 13.1 Å². The minimum Gasteiger partial charge on any atom is -0.341 e. The Morgan fingerprint density at radius 1 is 1.08 bits per heavy atom. The number of hydrogen-bond donors (Lipinski definition) is 0. The second kappa shape index (κ2) is 6.15. The number of rotatable bonds is 1. The Kier molecular flexibility index (Phi) is 3.84. The van der Waals surface area contributed by atoms with E-state index in [1.54, 1.807) is 6.21 Å². The number of allylic oxidation sites excluding steroid dienone is 1. The average Bonchev–Trinajstić information content (AvgIpc) is 2.62. The number of likely N-dealkylation sites (tertiary alicyclic amines) is 1. The molecule has 1 fully saturated rings. The second-order valence-electron chi connectivity index (χ2n) is 6.42. The highest BCUT2D eigenvalue weighted by Crippen LogP contribution is 2.32. The SMILES string of the molecule is Cc1ccccc1C1=CC=NC2=NC(N3CCCCC3)=NC(=O)C12. The van der Waals surface area contributed by atoms with Crippen LogP contribution in [0.5, 0.6) is 0 Å². The van der Waals surface area contributed by atoms with Gasteiger partial charge in [-0.1, -0.05) is 24.3 Å². The zero-order chi connectivity index (χ0) is 16.5. The third kappa shape index (κ3) is 2.60. The number of amides is 1. The van der Waals surface area contributed by atoms with Crippen molar-refractivity contribution in [1.29, 1.82) is 0 Å². The molecule has 1 atom stereocenters. The maximum atomic E-state index is 12.8. The maximum absolute atomic E-state index is 12.8. The molecule has 5 heteroatoms. The van der Waals surface area contributed by atoms with Crippen LogP contribution in [0.2, 0.25) is 0 Å². The minimum absolute atomic E-state index is 0.160. The van der Waals surface area contributed by atoms with E-state index in [1.165, 1.54) is 6.42 Å². The van der Waals surface area contributed by atoms with E-state index in [1.807, 2.05) is 24.3 Å². The quantitative estimate of drug-likeness (QED) is 0.799. The van der Waals surface area contributed by atoms with Crippen LogP contribution in [0.1, 0.15) is 30.4 Å². The molecule has 122 valence electrons. The summed E-state index contributed by atoms with van der Waals surface area (Å²) in [5.74, 6) is 0.460. The lowest BCUT2D eigenvalue weighted by atomic mass is 9.86. The van der Waals surface area contributed by atoms with Crippen molar-refractivity contribution in [3.05, 3.63) is 41.5 Å². The van der Waals surface area contributed by atoms with Crippen LogP contribution >= 0.6 is 0 Å². The van der Waals surface area contributed by atoms with Crippen LogP contribution in [-0.4, -0.2) is 41.9 Å². The summed E-state index contributed by atoms with van der Waals surface area (Å²) in [6.07, 6.45) is 7.13. The van der Waals surface area contributed by atoms with Crippen LogP contribution in [0.15, 0.2) is 45.3 Å². The van der Waals surface area contributed by atoms with Gasteiger partial charge in [0.25, 0.3) is 5.91 Å². The van der Waals surface area contributed by atoms with E-state index in [9.17, 15) is 4.79 Å². The van der Waals surface area contributed by atoms with Gasteiger partial charge in [0, 0.05) is 19.3 Å². The molecule has 3 heterocycles. The van der Waals surface area contributed by atoms with Crippen LogP contribution < -0.4 is 0 Å². The summed E-state index contributed by atoms with van der Waals surface area (Å²) >= 11 is 0. The standard InChI is InChI=1S/C19H20N4O/c1-13-7-3-4-8-14(13)15-9-10-20-17-16(15)18(24)22-19(21-17)23-11-5-2-6-12-23/h3-4,7-10,16H,2,5-6,11-12H2,1H3.